The lowest BCUT2D eigenvalue weighted by Crippen LogP contribution is -2.01. The Kier molecular flexibility index (Phi) is 4.93. The number of unbranched alkanes of at least 4 members (excludes halogenated alkanes) is 1. The van der Waals surface area contributed by atoms with E-state index >= 15 is 0 Å². The van der Waals surface area contributed by atoms with Crippen LogP contribution in [0, 0.1) is 0 Å². The summed E-state index contributed by atoms with van der Waals surface area (Å²) in [4.78, 5) is 1.24. The zero-order chi connectivity index (χ0) is 12.8. The standard InChI is InChI=1S/C15H19NOS/c1-2-3-6-9-17-11-13-12-7-4-5-8-14(12)18-15(13)10-16/h2,4-5,7-8H,1,3,6,9-11,16H2. The summed E-state index contributed by atoms with van der Waals surface area (Å²) in [6, 6.07) is 8.41. The first kappa shape index (κ1) is 13.3. The predicted octanol–water partition coefficient (Wildman–Crippen LogP) is 3.84. The molecule has 18 heavy (non-hydrogen) atoms. The molecular formula is C15H19NOS. The van der Waals surface area contributed by atoms with Crippen molar-refractivity contribution in [2.75, 3.05) is 6.61 Å². The number of hydrogen-bond donors (Lipinski definition) is 1. The van der Waals surface area contributed by atoms with Gasteiger partial charge in [0.15, 0.2) is 0 Å². The van der Waals surface area contributed by atoms with Gasteiger partial charge in [-0.05, 0) is 24.3 Å². The van der Waals surface area contributed by atoms with Crippen molar-refractivity contribution in [3.05, 3.63) is 47.4 Å². The van der Waals surface area contributed by atoms with Crippen molar-refractivity contribution >= 4 is 21.4 Å². The summed E-state index contributed by atoms with van der Waals surface area (Å²) in [5, 5.41) is 1.28. The predicted molar refractivity (Wildman–Crippen MR) is 78.8 cm³/mol. The molecule has 96 valence electrons. The van der Waals surface area contributed by atoms with Crippen molar-refractivity contribution in [2.45, 2.75) is 26.0 Å². The highest BCUT2D eigenvalue weighted by molar-refractivity contribution is 7.19. The topological polar surface area (TPSA) is 35.2 Å². The molecule has 0 aliphatic carbocycles. The Balaban J connectivity index is 2.08. The molecule has 1 aromatic heterocycles. The zero-order valence-corrected chi connectivity index (χ0v) is 11.3. The Morgan fingerprint density at radius 2 is 2.17 bits per heavy atom. The van der Waals surface area contributed by atoms with E-state index in [2.05, 4.69) is 30.8 Å². The average molecular weight is 261 g/mol. The number of nitrogens with two attached hydrogens (primary N) is 1. The van der Waals surface area contributed by atoms with Gasteiger partial charge in [-0.1, -0.05) is 24.3 Å². The van der Waals surface area contributed by atoms with Crippen LogP contribution in [0.15, 0.2) is 36.9 Å². The number of thiophene rings is 1. The van der Waals surface area contributed by atoms with Gasteiger partial charge in [0.25, 0.3) is 0 Å². The maximum Gasteiger partial charge on any atom is 0.0734 e. The number of fused-ring (bicyclic) bond motifs is 1. The minimum Gasteiger partial charge on any atom is -0.377 e. The third kappa shape index (κ3) is 2.99. The summed E-state index contributed by atoms with van der Waals surface area (Å²) < 4.78 is 7.03. The Morgan fingerprint density at radius 1 is 1.33 bits per heavy atom. The van der Waals surface area contributed by atoms with Gasteiger partial charge in [-0.2, -0.15) is 0 Å². The van der Waals surface area contributed by atoms with E-state index in [-0.39, 0.29) is 0 Å². The van der Waals surface area contributed by atoms with Crippen molar-refractivity contribution in [2.24, 2.45) is 5.73 Å². The van der Waals surface area contributed by atoms with Crippen LogP contribution in [0.3, 0.4) is 0 Å². The normalized spacial score (nSPS) is 10.9. The second kappa shape index (κ2) is 6.69. The summed E-state index contributed by atoms with van der Waals surface area (Å²) in [5.74, 6) is 0. The van der Waals surface area contributed by atoms with Crippen LogP contribution >= 0.6 is 11.3 Å². The summed E-state index contributed by atoms with van der Waals surface area (Å²) in [6.07, 6.45) is 3.96. The van der Waals surface area contributed by atoms with Gasteiger partial charge >= 0.3 is 0 Å². The largest absolute Gasteiger partial charge is 0.377 e. The van der Waals surface area contributed by atoms with Gasteiger partial charge < -0.3 is 10.5 Å². The second-order valence-corrected chi connectivity index (χ2v) is 5.32. The minimum absolute atomic E-state index is 0.588. The van der Waals surface area contributed by atoms with E-state index in [0.717, 1.165) is 19.4 Å². The lowest BCUT2D eigenvalue weighted by atomic mass is 10.1. The molecule has 0 unspecified atom stereocenters. The highest BCUT2D eigenvalue weighted by atomic mass is 32.1. The van der Waals surface area contributed by atoms with E-state index in [0.29, 0.717) is 13.2 Å². The molecule has 2 rings (SSSR count). The number of hydrogen-bond acceptors (Lipinski definition) is 3. The fourth-order valence-electron chi connectivity index (χ4n) is 1.98. The first-order chi connectivity index (χ1) is 8.86. The Labute approximate surface area is 112 Å². The summed E-state index contributed by atoms with van der Waals surface area (Å²) >= 11 is 1.77. The Morgan fingerprint density at radius 3 is 2.94 bits per heavy atom. The first-order valence-corrected chi connectivity index (χ1v) is 7.06. The molecule has 0 aliphatic heterocycles. The maximum atomic E-state index is 5.81. The lowest BCUT2D eigenvalue weighted by Gasteiger charge is -2.05. The summed E-state index contributed by atoms with van der Waals surface area (Å²) in [5.41, 5.74) is 7.07. The highest BCUT2D eigenvalue weighted by Gasteiger charge is 2.10. The molecule has 0 bridgehead atoms. The average Bonchev–Trinajstić information content (AvgIpc) is 2.77. The quantitative estimate of drug-likeness (QED) is 0.607. The van der Waals surface area contributed by atoms with Crippen molar-refractivity contribution in [3.8, 4) is 0 Å². The van der Waals surface area contributed by atoms with Crippen LogP contribution in [0.25, 0.3) is 10.1 Å². The van der Waals surface area contributed by atoms with E-state index in [9.17, 15) is 0 Å². The van der Waals surface area contributed by atoms with E-state index in [1.807, 2.05) is 6.08 Å². The molecule has 0 saturated heterocycles. The van der Waals surface area contributed by atoms with Gasteiger partial charge in [0.1, 0.15) is 0 Å². The summed E-state index contributed by atoms with van der Waals surface area (Å²) in [6.45, 7) is 5.73. The van der Waals surface area contributed by atoms with Crippen LogP contribution in [0.2, 0.25) is 0 Å². The minimum atomic E-state index is 0.588. The van der Waals surface area contributed by atoms with Crippen LogP contribution < -0.4 is 5.73 Å². The van der Waals surface area contributed by atoms with Crippen LogP contribution in [0.5, 0.6) is 0 Å². The number of rotatable bonds is 7. The smallest absolute Gasteiger partial charge is 0.0734 e. The number of allylic oxidation sites excluding steroid dienone is 1. The highest BCUT2D eigenvalue weighted by Crippen LogP contribution is 2.31. The van der Waals surface area contributed by atoms with E-state index in [1.165, 1.54) is 20.5 Å². The SMILES string of the molecule is C=CCCCOCc1c(CN)sc2ccccc12. The maximum absolute atomic E-state index is 5.81. The van der Waals surface area contributed by atoms with Gasteiger partial charge in [-0.3, -0.25) is 0 Å². The molecule has 0 radical (unpaired) electrons. The molecular weight excluding hydrogens is 242 g/mol. The molecule has 3 heteroatoms. The van der Waals surface area contributed by atoms with Crippen LogP contribution in [0.4, 0.5) is 0 Å². The molecule has 2 N–H and O–H groups in total. The van der Waals surface area contributed by atoms with Gasteiger partial charge in [0, 0.05) is 28.3 Å². The lowest BCUT2D eigenvalue weighted by molar-refractivity contribution is 0.119. The Hall–Kier alpha value is -1.16. The third-order valence-corrected chi connectivity index (χ3v) is 4.15. The number of ether oxygens (including phenoxy) is 1. The van der Waals surface area contributed by atoms with Gasteiger partial charge in [-0.25, -0.2) is 0 Å². The number of benzene rings is 1. The van der Waals surface area contributed by atoms with Gasteiger partial charge in [-0.15, -0.1) is 17.9 Å². The molecule has 2 nitrogen and oxygen atoms in total. The molecule has 0 spiro atoms. The monoisotopic (exact) mass is 261 g/mol. The van der Waals surface area contributed by atoms with Crippen LogP contribution in [-0.2, 0) is 17.9 Å². The van der Waals surface area contributed by atoms with Crippen molar-refractivity contribution in [1.29, 1.82) is 0 Å². The molecule has 0 aliphatic rings. The first-order valence-electron chi connectivity index (χ1n) is 6.24. The van der Waals surface area contributed by atoms with E-state index < -0.39 is 0 Å². The van der Waals surface area contributed by atoms with E-state index in [4.69, 9.17) is 10.5 Å². The molecule has 0 saturated carbocycles. The molecule has 0 atom stereocenters. The third-order valence-electron chi connectivity index (χ3n) is 2.91. The molecule has 1 heterocycles. The molecule has 2 aromatic rings. The van der Waals surface area contributed by atoms with Crippen molar-refractivity contribution in [1.82, 2.24) is 0 Å². The Bertz CT molecular complexity index is 518. The fraction of sp³-hybridized carbons (Fsp3) is 0.333. The molecule has 0 amide bonds. The van der Waals surface area contributed by atoms with Crippen LogP contribution in [0.1, 0.15) is 23.3 Å². The van der Waals surface area contributed by atoms with E-state index in [1.54, 1.807) is 11.3 Å². The van der Waals surface area contributed by atoms with Crippen LogP contribution in [-0.4, -0.2) is 6.61 Å². The molecule has 0 fully saturated rings. The van der Waals surface area contributed by atoms with Crippen molar-refractivity contribution < 1.29 is 4.74 Å². The molecule has 1 aromatic carbocycles. The fourth-order valence-corrected chi connectivity index (χ4v) is 3.07. The second-order valence-electron chi connectivity index (χ2n) is 4.19. The zero-order valence-electron chi connectivity index (χ0n) is 10.5. The van der Waals surface area contributed by atoms with Crippen molar-refractivity contribution in [3.63, 3.8) is 0 Å². The van der Waals surface area contributed by atoms with Gasteiger partial charge in [0.05, 0.1) is 6.61 Å². The summed E-state index contributed by atoms with van der Waals surface area (Å²) in [7, 11) is 0. The van der Waals surface area contributed by atoms with Gasteiger partial charge in [0.2, 0.25) is 0 Å².